The van der Waals surface area contributed by atoms with Gasteiger partial charge in [-0.2, -0.15) is 0 Å². The van der Waals surface area contributed by atoms with E-state index in [0.29, 0.717) is 6.04 Å². The number of rotatable bonds is 7. The van der Waals surface area contributed by atoms with E-state index in [1.165, 1.54) is 18.9 Å². The molecule has 0 amide bonds. The first-order valence-electron chi connectivity index (χ1n) is 7.17. The summed E-state index contributed by atoms with van der Waals surface area (Å²) in [5, 5.41) is 22.5. The van der Waals surface area contributed by atoms with Crippen LogP contribution in [0.5, 0.6) is 11.5 Å². The molecule has 0 spiro atoms. The van der Waals surface area contributed by atoms with Crippen LogP contribution in [0.4, 0.5) is 0 Å². The molecule has 2 unspecified atom stereocenters. The Morgan fingerprint density at radius 3 is 2.05 bits per heavy atom. The predicted molar refractivity (Wildman–Crippen MR) is 79.5 cm³/mol. The number of nitrogens with one attached hydrogen (secondary N) is 1. The van der Waals surface area contributed by atoms with Gasteiger partial charge in [-0.15, -0.1) is 0 Å². The van der Waals surface area contributed by atoms with E-state index in [0.717, 1.165) is 17.9 Å². The molecule has 0 saturated heterocycles. The smallest absolute Gasteiger partial charge is 0.119 e. The molecule has 0 aliphatic carbocycles. The topological polar surface area (TPSA) is 52.5 Å². The number of benzene rings is 1. The summed E-state index contributed by atoms with van der Waals surface area (Å²) >= 11 is 0. The minimum atomic E-state index is 0.108. The van der Waals surface area contributed by atoms with Crippen LogP contribution in [0, 0.1) is 5.92 Å². The number of aromatic hydroxyl groups is 2. The highest BCUT2D eigenvalue weighted by Crippen LogP contribution is 2.25. The molecule has 0 aromatic heterocycles. The van der Waals surface area contributed by atoms with Gasteiger partial charge in [0.1, 0.15) is 11.5 Å². The molecule has 0 aliphatic heterocycles. The van der Waals surface area contributed by atoms with Crippen molar-refractivity contribution in [1.29, 1.82) is 0 Å². The van der Waals surface area contributed by atoms with Crippen molar-refractivity contribution in [3.63, 3.8) is 0 Å². The fraction of sp³-hybridized carbons (Fsp3) is 0.625. The first-order chi connectivity index (χ1) is 8.88. The second-order valence-corrected chi connectivity index (χ2v) is 5.90. The monoisotopic (exact) mass is 265 g/mol. The van der Waals surface area contributed by atoms with Crippen LogP contribution in [0.2, 0.25) is 0 Å². The van der Waals surface area contributed by atoms with E-state index >= 15 is 0 Å². The van der Waals surface area contributed by atoms with Gasteiger partial charge in [-0.3, -0.25) is 0 Å². The first-order valence-corrected chi connectivity index (χ1v) is 7.17. The van der Waals surface area contributed by atoms with E-state index < -0.39 is 0 Å². The van der Waals surface area contributed by atoms with E-state index in [1.807, 2.05) is 6.92 Å². The molecule has 19 heavy (non-hydrogen) atoms. The highest BCUT2D eigenvalue weighted by Gasteiger charge is 2.11. The summed E-state index contributed by atoms with van der Waals surface area (Å²) in [7, 11) is 0. The number of hydrogen-bond acceptors (Lipinski definition) is 3. The average molecular weight is 265 g/mol. The van der Waals surface area contributed by atoms with Crippen LogP contribution < -0.4 is 5.32 Å². The molecule has 0 radical (unpaired) electrons. The van der Waals surface area contributed by atoms with Gasteiger partial charge in [0.25, 0.3) is 0 Å². The highest BCUT2D eigenvalue weighted by molar-refractivity contribution is 5.37. The van der Waals surface area contributed by atoms with E-state index in [2.05, 4.69) is 26.1 Å². The molecule has 0 fully saturated rings. The Morgan fingerprint density at radius 1 is 0.947 bits per heavy atom. The largest absolute Gasteiger partial charge is 0.508 e. The van der Waals surface area contributed by atoms with Gasteiger partial charge in [0.15, 0.2) is 0 Å². The molecule has 108 valence electrons. The lowest BCUT2D eigenvalue weighted by Gasteiger charge is -2.21. The second-order valence-electron chi connectivity index (χ2n) is 5.90. The fourth-order valence-corrected chi connectivity index (χ4v) is 2.31. The van der Waals surface area contributed by atoms with Crippen LogP contribution in [0.3, 0.4) is 0 Å². The lowest BCUT2D eigenvalue weighted by atomic mass is 10.0. The molecule has 0 bridgehead atoms. The van der Waals surface area contributed by atoms with Crippen LogP contribution in [0.25, 0.3) is 0 Å². The highest BCUT2D eigenvalue weighted by atomic mass is 16.3. The maximum atomic E-state index is 9.49. The number of hydrogen-bond donors (Lipinski definition) is 3. The van der Waals surface area contributed by atoms with Crippen molar-refractivity contribution in [3.8, 4) is 11.5 Å². The molecule has 1 aromatic rings. The van der Waals surface area contributed by atoms with E-state index in [-0.39, 0.29) is 17.5 Å². The average Bonchev–Trinajstić information content (AvgIpc) is 2.26. The zero-order chi connectivity index (χ0) is 14.4. The van der Waals surface area contributed by atoms with Crippen LogP contribution >= 0.6 is 0 Å². The third-order valence-corrected chi connectivity index (χ3v) is 3.38. The Hall–Kier alpha value is -1.22. The summed E-state index contributed by atoms with van der Waals surface area (Å²) in [5.41, 5.74) is 0.910. The first kappa shape index (κ1) is 15.8. The van der Waals surface area contributed by atoms with E-state index in [9.17, 15) is 10.2 Å². The minimum Gasteiger partial charge on any atom is -0.508 e. The predicted octanol–water partition coefficient (Wildman–Crippen LogP) is 3.96. The molecule has 3 heteroatoms. The SMILES string of the molecule is CC(C)CCCC(C)NC(C)c1cc(O)cc(O)c1. The zero-order valence-electron chi connectivity index (χ0n) is 12.5. The van der Waals surface area contributed by atoms with Gasteiger partial charge < -0.3 is 15.5 Å². The second kappa shape index (κ2) is 7.39. The van der Waals surface area contributed by atoms with Crippen molar-refractivity contribution in [1.82, 2.24) is 5.32 Å². The summed E-state index contributed by atoms with van der Waals surface area (Å²) in [6.07, 6.45) is 3.63. The molecule has 2 atom stereocenters. The molecular formula is C16H27NO2. The van der Waals surface area contributed by atoms with Crippen molar-refractivity contribution < 1.29 is 10.2 Å². The van der Waals surface area contributed by atoms with Crippen molar-refractivity contribution in [2.75, 3.05) is 0 Å². The quantitative estimate of drug-likeness (QED) is 0.699. The number of phenols is 2. The summed E-state index contributed by atoms with van der Waals surface area (Å²) in [6.45, 7) is 8.72. The third-order valence-electron chi connectivity index (χ3n) is 3.38. The van der Waals surface area contributed by atoms with Gasteiger partial charge in [-0.05, 0) is 43.9 Å². The summed E-state index contributed by atoms with van der Waals surface area (Å²) in [6, 6.07) is 5.28. The lowest BCUT2D eigenvalue weighted by Crippen LogP contribution is -2.28. The normalized spacial score (nSPS) is 14.6. The maximum absolute atomic E-state index is 9.49. The Kier molecular flexibility index (Phi) is 6.16. The summed E-state index contributed by atoms with van der Waals surface area (Å²) in [5.74, 6) is 0.972. The maximum Gasteiger partial charge on any atom is 0.119 e. The minimum absolute atomic E-state index is 0.108. The molecule has 3 N–H and O–H groups in total. The van der Waals surface area contributed by atoms with Crippen molar-refractivity contribution in [3.05, 3.63) is 23.8 Å². The van der Waals surface area contributed by atoms with E-state index in [1.54, 1.807) is 12.1 Å². The molecule has 1 aromatic carbocycles. The molecule has 3 nitrogen and oxygen atoms in total. The zero-order valence-corrected chi connectivity index (χ0v) is 12.5. The van der Waals surface area contributed by atoms with Crippen molar-refractivity contribution >= 4 is 0 Å². The number of phenolic OH excluding ortho intramolecular Hbond substituents is 2. The Morgan fingerprint density at radius 2 is 1.53 bits per heavy atom. The van der Waals surface area contributed by atoms with Crippen LogP contribution in [0.15, 0.2) is 18.2 Å². The summed E-state index contributed by atoms with van der Waals surface area (Å²) in [4.78, 5) is 0. The fourth-order valence-electron chi connectivity index (χ4n) is 2.31. The van der Waals surface area contributed by atoms with Crippen molar-refractivity contribution in [2.45, 2.75) is 59.0 Å². The molecule has 1 rings (SSSR count). The van der Waals surface area contributed by atoms with Crippen molar-refractivity contribution in [2.24, 2.45) is 5.92 Å². The van der Waals surface area contributed by atoms with Gasteiger partial charge in [0.05, 0.1) is 0 Å². The van der Waals surface area contributed by atoms with Gasteiger partial charge in [-0.25, -0.2) is 0 Å². The molecule has 0 heterocycles. The molecular weight excluding hydrogens is 238 g/mol. The molecule has 0 aliphatic rings. The lowest BCUT2D eigenvalue weighted by molar-refractivity contribution is 0.417. The molecule has 0 saturated carbocycles. The Balaban J connectivity index is 2.47. The van der Waals surface area contributed by atoms with Crippen LogP contribution in [-0.2, 0) is 0 Å². The Labute approximate surface area is 116 Å². The van der Waals surface area contributed by atoms with Gasteiger partial charge in [0, 0.05) is 18.2 Å². The van der Waals surface area contributed by atoms with Gasteiger partial charge in [0.2, 0.25) is 0 Å². The van der Waals surface area contributed by atoms with Gasteiger partial charge in [-0.1, -0.05) is 26.7 Å². The third kappa shape index (κ3) is 5.97. The van der Waals surface area contributed by atoms with Crippen LogP contribution in [-0.4, -0.2) is 16.3 Å². The Bertz CT molecular complexity index is 370. The van der Waals surface area contributed by atoms with Gasteiger partial charge >= 0.3 is 0 Å². The van der Waals surface area contributed by atoms with E-state index in [4.69, 9.17) is 0 Å². The summed E-state index contributed by atoms with van der Waals surface area (Å²) < 4.78 is 0. The van der Waals surface area contributed by atoms with Crippen LogP contribution in [0.1, 0.15) is 58.6 Å². The standard InChI is InChI=1S/C16H27NO2/c1-11(2)6-5-7-12(3)17-13(4)14-8-15(18)10-16(19)9-14/h8-13,17-19H,5-7H2,1-4H3.